The fourth-order valence-electron chi connectivity index (χ4n) is 17.2. The largest absolute Gasteiger partial charge is 0.497 e. The Balaban J connectivity index is 0.000000150. The van der Waals surface area contributed by atoms with E-state index in [0.717, 1.165) is 149 Å². The van der Waals surface area contributed by atoms with Crippen LogP contribution in [0.3, 0.4) is 0 Å². The molecule has 9 aromatic carbocycles. The molecule has 0 saturated carbocycles. The summed E-state index contributed by atoms with van der Waals surface area (Å²) in [5.41, 5.74) is 15.7. The predicted octanol–water partition coefficient (Wildman–Crippen LogP) is 17.9. The van der Waals surface area contributed by atoms with Crippen molar-refractivity contribution in [3.8, 4) is 17.2 Å². The van der Waals surface area contributed by atoms with E-state index in [2.05, 4.69) is 52.0 Å². The number of carbonyl (C=O) groups is 8. The molecule has 0 aliphatic carbocycles. The first-order valence-corrected chi connectivity index (χ1v) is 45.0. The summed E-state index contributed by atoms with van der Waals surface area (Å²) in [5.74, 6) is 4.84. The summed E-state index contributed by atoms with van der Waals surface area (Å²) < 4.78 is 18.9. The van der Waals surface area contributed by atoms with E-state index in [1.54, 1.807) is 35.7 Å². The molecule has 0 spiro atoms. The number of amides is 8. The monoisotopic (exact) mass is 1740 g/mol. The van der Waals surface area contributed by atoms with Crippen LogP contribution in [-0.2, 0) is 58.6 Å². The van der Waals surface area contributed by atoms with E-state index in [1.165, 1.54) is 16.7 Å². The van der Waals surface area contributed by atoms with Crippen molar-refractivity contribution in [2.45, 2.75) is 209 Å². The van der Waals surface area contributed by atoms with Gasteiger partial charge in [0.15, 0.2) is 0 Å². The van der Waals surface area contributed by atoms with Gasteiger partial charge in [0, 0.05) is 162 Å². The number of aryl methyl sites for hydroxylation is 1. The Labute approximate surface area is 757 Å². The molecule has 3 fully saturated rings. The van der Waals surface area contributed by atoms with Crippen LogP contribution in [0.15, 0.2) is 223 Å². The number of benzene rings is 9. The minimum atomic E-state index is 0.0567. The molecule has 0 bridgehead atoms. The molecule has 678 valence electrons. The number of imidazole rings is 1. The second-order valence-electron chi connectivity index (χ2n) is 35.5. The highest BCUT2D eigenvalue weighted by Crippen LogP contribution is 2.36. The summed E-state index contributed by atoms with van der Waals surface area (Å²) in [7, 11) is 10.4. The molecule has 8 aliphatic heterocycles. The standard InChI is InChI=1S/C13H17NO2.C13H17NO.2C12H15NO2.C12H15NO.C11H14N2O.3C11H13NO/c1-9(2)14-7-6-10-8-11(16-3)4-5-12(10)13(14)15;1-10(2)14-9-12(8-13(14)15)11-6-4-3-5-7-11;1-8(2)13-7-9-4-5-10(15-3)6-11(9)12(13)14;1-8(2)13-11-7-10(15-3)5-4-9(11)6-12(13)14;1-9(2)13-8-7-10-5-3-4-6-11(10)12(13)14;1-8(2)13-10-7-5-4-6-9(10)12(3)11(13)14;1-8(2)12-7-9-5-3-4-6-10(9)11(12)13;1-12-8-10(7-11(12)13)9-5-3-2-4-6-9;1-12-8-7-10(11(12)13)9-5-3-2-4-6-9/h4-5,8-9H,6-7H2,1-3H3;3-7,10,12H,8-9H2,1-2H3;4-6,8H,7H2,1-3H3;4-5,7-8H,6H2,1-3H3;3-6,9H,7-8H2,1-2H3;4-8H,1-3H3;3-6,8H,7H2,1-2H3;2*2-6,10H,7-8H2,1H3. The normalized spacial score (nSPS) is 16.9. The van der Waals surface area contributed by atoms with Crippen LogP contribution in [0, 0.1) is 0 Å². The van der Waals surface area contributed by atoms with Crippen LogP contribution < -0.4 is 24.8 Å². The van der Waals surface area contributed by atoms with E-state index in [-0.39, 0.29) is 77.1 Å². The van der Waals surface area contributed by atoms with E-state index >= 15 is 0 Å². The molecule has 18 rings (SSSR count). The van der Waals surface area contributed by atoms with Crippen molar-refractivity contribution in [1.82, 2.24) is 43.4 Å². The van der Waals surface area contributed by atoms with Gasteiger partial charge in [-0.15, -0.1) is 0 Å². The minimum absolute atomic E-state index is 0.0567. The van der Waals surface area contributed by atoms with Crippen LogP contribution in [-0.4, -0.2) is 195 Å². The van der Waals surface area contributed by atoms with Gasteiger partial charge in [0.2, 0.25) is 23.6 Å². The zero-order valence-corrected chi connectivity index (χ0v) is 78.6. The molecule has 0 N–H and O–H groups in total. The van der Waals surface area contributed by atoms with Crippen molar-refractivity contribution >= 4 is 64.0 Å². The number of hydrogen-bond acceptors (Lipinski definition) is 12. The third-order valence-electron chi connectivity index (χ3n) is 24.5. The zero-order valence-electron chi connectivity index (χ0n) is 78.6. The van der Waals surface area contributed by atoms with Gasteiger partial charge in [-0.25, -0.2) is 4.79 Å². The number of carbonyl (C=O) groups excluding carboxylic acids is 8. The van der Waals surface area contributed by atoms with Crippen LogP contribution >= 0.6 is 0 Å². The number of likely N-dealkylation sites (N-methyl/N-ethyl adjacent to an activating group) is 2. The molecule has 3 atom stereocenters. The van der Waals surface area contributed by atoms with Gasteiger partial charge in [0.25, 0.3) is 23.6 Å². The van der Waals surface area contributed by atoms with Crippen molar-refractivity contribution in [2.24, 2.45) is 7.05 Å². The van der Waals surface area contributed by atoms with Gasteiger partial charge >= 0.3 is 5.69 Å². The van der Waals surface area contributed by atoms with Crippen LogP contribution in [0.1, 0.15) is 226 Å². The summed E-state index contributed by atoms with van der Waals surface area (Å²) in [4.78, 5) is 121. The first-order chi connectivity index (χ1) is 61.2. The summed E-state index contributed by atoms with van der Waals surface area (Å²) in [6.07, 6.45) is 4.70. The van der Waals surface area contributed by atoms with Crippen molar-refractivity contribution in [3.05, 3.63) is 296 Å². The molecule has 10 aromatic rings. The number of nitrogens with zero attached hydrogens (tertiary/aromatic N) is 10. The molecular weight excluding hydrogens is 1610 g/mol. The van der Waals surface area contributed by atoms with Gasteiger partial charge in [-0.1, -0.05) is 152 Å². The third-order valence-corrected chi connectivity index (χ3v) is 24.5. The molecule has 0 radical (unpaired) electrons. The quantitative estimate of drug-likeness (QED) is 0.105. The van der Waals surface area contributed by atoms with Crippen LogP contribution in [0.5, 0.6) is 17.2 Å². The van der Waals surface area contributed by atoms with Crippen molar-refractivity contribution in [2.75, 3.05) is 73.0 Å². The Kier molecular flexibility index (Phi) is 34.5. The molecule has 128 heavy (non-hydrogen) atoms. The van der Waals surface area contributed by atoms with Gasteiger partial charge < -0.3 is 53.4 Å². The predicted molar refractivity (Wildman–Crippen MR) is 509 cm³/mol. The summed E-state index contributed by atoms with van der Waals surface area (Å²) >= 11 is 0. The number of likely N-dealkylation sites (tertiary alicyclic amines) is 3. The van der Waals surface area contributed by atoms with Gasteiger partial charge in [-0.2, -0.15) is 0 Å². The highest BCUT2D eigenvalue weighted by molar-refractivity contribution is 6.03. The number of hydrogen-bond donors (Lipinski definition) is 0. The highest BCUT2D eigenvalue weighted by atomic mass is 16.5. The SMILES string of the molecule is CC(C)N1CC(c2ccccc2)CC1=O.CC(C)N1CCc2ccccc2C1=O.CC(C)N1Cc2ccccc2C1=O.CC(C)n1c(=O)n(C)c2ccccc21.CN1CC(c2ccccc2)CC1=O.CN1CCC(c2ccccc2)C1=O.COc1ccc2c(c1)C(=O)N(C(C)C)C2.COc1ccc2c(c1)CCN(C(C)C)C2=O.COc1ccc2c(c1)N(C(C)C)C(=O)C2. The number of fused-ring (bicyclic) bond motifs is 6. The van der Waals surface area contributed by atoms with Gasteiger partial charge in [0.1, 0.15) is 17.2 Å². The van der Waals surface area contributed by atoms with Crippen LogP contribution in [0.2, 0.25) is 0 Å². The molecule has 22 nitrogen and oxygen atoms in total. The fourth-order valence-corrected chi connectivity index (χ4v) is 17.2. The average Bonchev–Trinajstić information content (AvgIpc) is 1.46. The number of anilines is 1. The summed E-state index contributed by atoms with van der Waals surface area (Å²) in [5, 5.41) is 0. The second-order valence-corrected chi connectivity index (χ2v) is 35.5. The Morgan fingerprint density at radius 3 is 1.22 bits per heavy atom. The lowest BCUT2D eigenvalue weighted by molar-refractivity contribution is -0.129. The summed E-state index contributed by atoms with van der Waals surface area (Å²) in [6.45, 7) is 34.4. The van der Waals surface area contributed by atoms with E-state index in [0.29, 0.717) is 55.1 Å². The number of ether oxygens (including phenoxy) is 3. The number of methoxy groups -OCH3 is 3. The average molecular weight is 1740 g/mol. The summed E-state index contributed by atoms with van der Waals surface area (Å²) in [6, 6.07) is 73.2. The van der Waals surface area contributed by atoms with E-state index in [9.17, 15) is 43.2 Å². The molecule has 8 aliphatic rings. The lowest BCUT2D eigenvalue weighted by Crippen LogP contribution is -2.42. The maximum absolute atomic E-state index is 12.1. The molecule has 9 heterocycles. The fraction of sp³-hybridized carbons (Fsp3) is 0.406. The lowest BCUT2D eigenvalue weighted by Gasteiger charge is -2.31. The Bertz CT molecular complexity index is 5530. The van der Waals surface area contributed by atoms with Crippen molar-refractivity contribution < 1.29 is 52.6 Å². The third kappa shape index (κ3) is 24.0. The topological polar surface area (TPSA) is 217 Å². The van der Waals surface area contributed by atoms with Gasteiger partial charge in [0.05, 0.1) is 50.4 Å². The minimum Gasteiger partial charge on any atom is -0.497 e. The molecule has 3 unspecified atom stereocenters. The first-order valence-electron chi connectivity index (χ1n) is 45.0. The number of rotatable bonds is 13. The first kappa shape index (κ1) is 97.6. The van der Waals surface area contributed by atoms with Gasteiger partial charge in [-0.3, -0.25) is 47.5 Å². The lowest BCUT2D eigenvalue weighted by atomic mass is 9.98. The molecule has 3 saturated heterocycles. The number of aromatic nitrogens is 2. The van der Waals surface area contributed by atoms with E-state index < -0.39 is 0 Å². The van der Waals surface area contributed by atoms with E-state index in [4.69, 9.17) is 14.2 Å². The van der Waals surface area contributed by atoms with Crippen molar-refractivity contribution in [1.29, 1.82) is 0 Å². The maximum atomic E-state index is 12.1. The van der Waals surface area contributed by atoms with E-state index in [1.807, 2.05) is 318 Å². The smallest absolute Gasteiger partial charge is 0.329 e. The number of para-hydroxylation sites is 2. The molecule has 22 heteroatoms. The van der Waals surface area contributed by atoms with Crippen LogP contribution in [0.25, 0.3) is 11.0 Å². The molecular formula is C106H132N10O12. The highest BCUT2D eigenvalue weighted by Gasteiger charge is 2.36. The Morgan fingerprint density at radius 1 is 0.328 bits per heavy atom. The van der Waals surface area contributed by atoms with Gasteiger partial charge in [-0.05, 0) is 221 Å². The molecule has 1 aromatic heterocycles. The Hall–Kier alpha value is -12.6. The van der Waals surface area contributed by atoms with Crippen LogP contribution in [0.4, 0.5) is 5.69 Å². The Morgan fingerprint density at radius 2 is 0.742 bits per heavy atom. The molecule has 8 amide bonds. The van der Waals surface area contributed by atoms with Crippen molar-refractivity contribution in [3.63, 3.8) is 0 Å². The second kappa shape index (κ2) is 45.2. The maximum Gasteiger partial charge on any atom is 0.329 e. The zero-order chi connectivity index (χ0) is 92.9.